The van der Waals surface area contributed by atoms with Gasteiger partial charge in [0.05, 0.1) is 19.8 Å². The molecule has 0 aliphatic rings. The lowest BCUT2D eigenvalue weighted by molar-refractivity contribution is -0.161. The maximum absolute atomic E-state index is 12.9. The first-order valence-corrected chi connectivity index (χ1v) is 29.3. The van der Waals surface area contributed by atoms with Crippen molar-refractivity contribution in [2.75, 3.05) is 26.4 Å². The Labute approximate surface area is 437 Å². The molecular formula is C60H99O11P. The minimum atomic E-state index is -4.77. The van der Waals surface area contributed by atoms with Crippen LogP contribution in [0.2, 0.25) is 0 Å². The molecule has 72 heavy (non-hydrogen) atoms. The third-order valence-electron chi connectivity index (χ3n) is 11.2. The molecular weight excluding hydrogens is 928 g/mol. The lowest BCUT2D eigenvalue weighted by atomic mass is 10.1. The molecule has 0 spiro atoms. The maximum atomic E-state index is 12.9. The van der Waals surface area contributed by atoms with Crippen LogP contribution >= 0.6 is 7.82 Å². The lowest BCUT2D eigenvalue weighted by Crippen LogP contribution is -2.30. The standard InChI is InChI=1S/C60H99O11P/c1-4-7-10-13-16-19-22-25-27-28-30-33-36-39-42-45-48-51-60(64)71-57(53-67-58(62)49-46-43-40-37-34-31-24-21-18-15-12-9-6-3)55-69-72(65,66)68-54-56(52-61)70-59(63)50-47-44-41-38-35-32-29-26-23-20-17-14-11-8-5-2/h7,9-10,12,16,18-19,21,25-27,29-31,33-34,39,42,56-57,61H,4-6,8,11,13-15,17,20,22-24,28,32,35-38,40-41,43-55H2,1-3H3,(H,65,66)/b10-7-,12-9-,19-16-,21-18-,27-25-,29-26-,33-30-,34-31-,42-39-. The van der Waals surface area contributed by atoms with Crippen LogP contribution in [-0.2, 0) is 42.2 Å². The monoisotopic (exact) mass is 1030 g/mol. The molecule has 3 atom stereocenters. The Bertz CT molecular complexity index is 1620. The van der Waals surface area contributed by atoms with Crippen LogP contribution in [0.1, 0.15) is 213 Å². The summed E-state index contributed by atoms with van der Waals surface area (Å²) in [5.74, 6) is -1.59. The average Bonchev–Trinajstić information content (AvgIpc) is 3.37. The molecule has 11 nitrogen and oxygen atoms in total. The zero-order chi connectivity index (χ0) is 52.7. The number of carbonyl (C=O) groups is 3. The summed E-state index contributed by atoms with van der Waals surface area (Å²) in [6.07, 6.45) is 63.5. The summed E-state index contributed by atoms with van der Waals surface area (Å²) in [6, 6.07) is 0. The van der Waals surface area contributed by atoms with Gasteiger partial charge in [0, 0.05) is 19.3 Å². The Morgan fingerprint density at radius 1 is 0.403 bits per heavy atom. The number of hydrogen-bond acceptors (Lipinski definition) is 10. The third kappa shape index (κ3) is 51.1. The normalized spacial score (nSPS) is 14.2. The van der Waals surface area contributed by atoms with Crippen LogP contribution in [0.3, 0.4) is 0 Å². The number of aliphatic hydroxyl groups excluding tert-OH is 1. The zero-order valence-corrected chi connectivity index (χ0v) is 46.0. The van der Waals surface area contributed by atoms with Crippen LogP contribution in [-0.4, -0.2) is 66.5 Å². The second-order valence-corrected chi connectivity index (χ2v) is 19.4. The van der Waals surface area contributed by atoms with Crippen LogP contribution in [0, 0.1) is 0 Å². The van der Waals surface area contributed by atoms with Crippen LogP contribution in [0.5, 0.6) is 0 Å². The number of carbonyl (C=O) groups excluding carboxylic acids is 3. The van der Waals surface area contributed by atoms with Crippen molar-refractivity contribution in [1.29, 1.82) is 0 Å². The van der Waals surface area contributed by atoms with Crippen LogP contribution in [0.15, 0.2) is 109 Å². The van der Waals surface area contributed by atoms with Crippen LogP contribution in [0.25, 0.3) is 0 Å². The van der Waals surface area contributed by atoms with Crippen molar-refractivity contribution in [3.05, 3.63) is 109 Å². The summed E-state index contributed by atoms with van der Waals surface area (Å²) in [4.78, 5) is 48.4. The highest BCUT2D eigenvalue weighted by atomic mass is 31.2. The molecule has 0 saturated heterocycles. The Morgan fingerprint density at radius 2 is 0.736 bits per heavy atom. The van der Waals surface area contributed by atoms with E-state index in [2.05, 4.69) is 118 Å². The Morgan fingerprint density at radius 3 is 1.19 bits per heavy atom. The van der Waals surface area contributed by atoms with Crippen molar-refractivity contribution in [2.45, 2.75) is 226 Å². The van der Waals surface area contributed by atoms with Gasteiger partial charge in [-0.1, -0.05) is 188 Å². The van der Waals surface area contributed by atoms with E-state index in [4.69, 9.17) is 23.3 Å². The molecule has 0 aliphatic heterocycles. The second-order valence-electron chi connectivity index (χ2n) is 18.0. The highest BCUT2D eigenvalue weighted by molar-refractivity contribution is 7.47. The molecule has 0 aliphatic carbocycles. The molecule has 0 aromatic rings. The summed E-state index contributed by atoms with van der Waals surface area (Å²) < 4.78 is 39.4. The first-order valence-electron chi connectivity index (χ1n) is 27.8. The molecule has 2 N–H and O–H groups in total. The van der Waals surface area contributed by atoms with E-state index in [0.29, 0.717) is 25.7 Å². The number of phosphoric ester groups is 1. The van der Waals surface area contributed by atoms with Gasteiger partial charge in [0.2, 0.25) is 0 Å². The van der Waals surface area contributed by atoms with Gasteiger partial charge < -0.3 is 24.2 Å². The molecule has 0 fully saturated rings. The summed E-state index contributed by atoms with van der Waals surface area (Å²) >= 11 is 0. The van der Waals surface area contributed by atoms with Crippen molar-refractivity contribution < 1.29 is 52.2 Å². The number of esters is 3. The first kappa shape index (κ1) is 68.1. The molecule has 0 saturated carbocycles. The predicted molar refractivity (Wildman–Crippen MR) is 297 cm³/mol. The van der Waals surface area contributed by atoms with Crippen molar-refractivity contribution in [1.82, 2.24) is 0 Å². The van der Waals surface area contributed by atoms with Crippen molar-refractivity contribution >= 4 is 25.7 Å². The quantitative estimate of drug-likeness (QED) is 0.0197. The Kier molecular flexibility index (Phi) is 50.6. The summed E-state index contributed by atoms with van der Waals surface area (Å²) in [5, 5.41) is 9.80. The minimum Gasteiger partial charge on any atom is -0.462 e. The smallest absolute Gasteiger partial charge is 0.462 e. The van der Waals surface area contributed by atoms with Crippen molar-refractivity contribution in [2.24, 2.45) is 0 Å². The van der Waals surface area contributed by atoms with Gasteiger partial charge >= 0.3 is 25.7 Å². The molecule has 0 radical (unpaired) electrons. The number of phosphoric acid groups is 1. The highest BCUT2D eigenvalue weighted by Crippen LogP contribution is 2.43. The SMILES string of the molecule is CC/C=C\C/C=C\C/C=C\C/C=C\C/C=C\CCCC(=O)OC(COC(=O)CCCCC/C=C\C/C=C\C/C=C\CC)COP(=O)(O)OCC(CO)OC(=O)CCCCCCC/C=C\CCCCCCCC. The highest BCUT2D eigenvalue weighted by Gasteiger charge is 2.28. The van der Waals surface area contributed by atoms with E-state index in [1.165, 1.54) is 38.5 Å². The molecule has 3 unspecified atom stereocenters. The number of hydrogen-bond donors (Lipinski definition) is 2. The fourth-order valence-corrected chi connectivity index (χ4v) is 7.77. The van der Waals surface area contributed by atoms with Gasteiger partial charge in [-0.3, -0.25) is 23.4 Å². The predicted octanol–water partition coefficient (Wildman–Crippen LogP) is 16.2. The van der Waals surface area contributed by atoms with Gasteiger partial charge in [-0.05, 0) is 116 Å². The molecule has 0 aromatic carbocycles. The van der Waals surface area contributed by atoms with Gasteiger partial charge in [0.15, 0.2) is 6.10 Å². The van der Waals surface area contributed by atoms with Gasteiger partial charge in [-0.25, -0.2) is 4.57 Å². The molecule has 0 amide bonds. The Hall–Kier alpha value is -3.86. The molecule has 12 heteroatoms. The largest absolute Gasteiger partial charge is 0.472 e. The van der Waals surface area contributed by atoms with Gasteiger partial charge in [0.25, 0.3) is 0 Å². The number of allylic oxidation sites excluding steroid dienone is 18. The third-order valence-corrected chi connectivity index (χ3v) is 12.1. The van der Waals surface area contributed by atoms with E-state index in [-0.39, 0.29) is 25.9 Å². The van der Waals surface area contributed by atoms with E-state index in [0.717, 1.165) is 109 Å². The fraction of sp³-hybridized carbons (Fsp3) is 0.650. The zero-order valence-electron chi connectivity index (χ0n) is 45.1. The molecule has 410 valence electrons. The maximum Gasteiger partial charge on any atom is 0.472 e. The van der Waals surface area contributed by atoms with E-state index in [1.807, 2.05) is 12.2 Å². The van der Waals surface area contributed by atoms with Crippen LogP contribution in [0.4, 0.5) is 0 Å². The molecule has 0 bridgehead atoms. The number of ether oxygens (including phenoxy) is 3. The van der Waals surface area contributed by atoms with E-state index in [1.54, 1.807) is 0 Å². The first-order chi connectivity index (χ1) is 35.2. The topological polar surface area (TPSA) is 155 Å². The van der Waals surface area contributed by atoms with E-state index < -0.39 is 57.8 Å². The fourth-order valence-electron chi connectivity index (χ4n) is 6.99. The second kappa shape index (κ2) is 53.4. The Balaban J connectivity index is 4.85. The summed E-state index contributed by atoms with van der Waals surface area (Å²) in [6.45, 7) is 4.28. The van der Waals surface area contributed by atoms with Gasteiger partial charge in [-0.2, -0.15) is 0 Å². The number of aliphatic hydroxyl groups is 1. The lowest BCUT2D eigenvalue weighted by Gasteiger charge is -2.21. The van der Waals surface area contributed by atoms with Crippen molar-refractivity contribution in [3.8, 4) is 0 Å². The van der Waals surface area contributed by atoms with Crippen LogP contribution < -0.4 is 0 Å². The van der Waals surface area contributed by atoms with Crippen molar-refractivity contribution in [3.63, 3.8) is 0 Å². The molecule has 0 aromatic heterocycles. The van der Waals surface area contributed by atoms with Gasteiger partial charge in [0.1, 0.15) is 12.7 Å². The number of rotatable bonds is 50. The molecule has 0 heterocycles. The summed E-state index contributed by atoms with van der Waals surface area (Å²) in [7, 11) is -4.77. The van der Waals surface area contributed by atoms with E-state index >= 15 is 0 Å². The summed E-state index contributed by atoms with van der Waals surface area (Å²) in [5.41, 5.74) is 0. The number of unbranched alkanes of at least 4 members (excludes halogenated alkanes) is 15. The van der Waals surface area contributed by atoms with Gasteiger partial charge in [-0.15, -0.1) is 0 Å². The minimum absolute atomic E-state index is 0.0770. The average molecular weight is 1030 g/mol. The molecule has 0 rings (SSSR count). The van der Waals surface area contributed by atoms with E-state index in [9.17, 15) is 28.9 Å².